The van der Waals surface area contributed by atoms with E-state index < -0.39 is 49.5 Å². The van der Waals surface area contributed by atoms with Crippen molar-refractivity contribution in [1.82, 2.24) is 5.32 Å². The number of carbonyl (C=O) groups is 2. The van der Waals surface area contributed by atoms with Crippen molar-refractivity contribution >= 4 is 11.9 Å². The Morgan fingerprint density at radius 1 is 0.416 bits per heavy atom. The van der Waals surface area contributed by atoms with E-state index in [1.165, 1.54) is 283 Å². The summed E-state index contributed by atoms with van der Waals surface area (Å²) in [7, 11) is 0. The number of esters is 1. The van der Waals surface area contributed by atoms with Gasteiger partial charge in [0, 0.05) is 12.8 Å². The van der Waals surface area contributed by atoms with Gasteiger partial charge in [0.1, 0.15) is 24.4 Å². The molecule has 0 aromatic rings. The Kier molecular flexibility index (Phi) is 63.8. The molecule has 11 nitrogen and oxygen atoms in total. The Hall–Kier alpha value is -2.38. The van der Waals surface area contributed by atoms with Gasteiger partial charge in [0.25, 0.3) is 0 Å². The standard InChI is InChI=1S/C78H145NO10/c1-3-5-7-9-11-13-15-16-43-46-50-54-58-62-66-74(83)87-67-63-59-55-51-47-44-41-39-37-35-33-31-29-27-25-23-21-19-17-18-20-22-24-26-28-30-32-34-36-38-40-42-45-49-53-57-61-65-73(82)79-70(69-88-78-77(86)76(85)75(84)72(68-80)89-78)71(81)64-60-56-52-48-14-12-10-8-6-4-2/h15-17,19,23,25,60,64,70-72,75-78,80-81,84-86H,3-14,18,20-22,24,26-59,61-63,65-69H2,1-2H3,(H,79,82)/b16-15-,19-17-,25-23-,64-60+. The van der Waals surface area contributed by atoms with Crippen molar-refractivity contribution in [2.75, 3.05) is 19.8 Å². The molecule has 0 saturated carbocycles. The second kappa shape index (κ2) is 67.1. The van der Waals surface area contributed by atoms with Gasteiger partial charge in [-0.1, -0.05) is 319 Å². The predicted molar refractivity (Wildman–Crippen MR) is 375 cm³/mol. The van der Waals surface area contributed by atoms with Gasteiger partial charge in [-0.05, 0) is 89.9 Å². The van der Waals surface area contributed by atoms with Crippen LogP contribution >= 0.6 is 0 Å². The van der Waals surface area contributed by atoms with Crippen molar-refractivity contribution in [3.05, 3.63) is 48.6 Å². The molecule has 0 radical (unpaired) electrons. The average molecular weight is 1260 g/mol. The average Bonchev–Trinajstić information content (AvgIpc) is 2.38. The van der Waals surface area contributed by atoms with Gasteiger partial charge in [-0.2, -0.15) is 0 Å². The Balaban J connectivity index is 1.89. The fraction of sp³-hybridized carbons (Fsp3) is 0.872. The summed E-state index contributed by atoms with van der Waals surface area (Å²) in [5.41, 5.74) is 0. The van der Waals surface area contributed by atoms with E-state index in [9.17, 15) is 35.1 Å². The number of hydrogen-bond donors (Lipinski definition) is 6. The molecule has 6 N–H and O–H groups in total. The predicted octanol–water partition coefficient (Wildman–Crippen LogP) is 20.3. The normalized spacial score (nSPS) is 17.9. The minimum absolute atomic E-state index is 0.00420. The Morgan fingerprint density at radius 2 is 0.753 bits per heavy atom. The van der Waals surface area contributed by atoms with Crippen LogP contribution in [0.3, 0.4) is 0 Å². The zero-order valence-corrected chi connectivity index (χ0v) is 58.2. The molecule has 0 aliphatic carbocycles. The number of ether oxygens (including phenoxy) is 3. The molecule has 89 heavy (non-hydrogen) atoms. The molecule has 1 amide bonds. The number of amides is 1. The van der Waals surface area contributed by atoms with E-state index in [0.717, 1.165) is 64.2 Å². The molecule has 522 valence electrons. The van der Waals surface area contributed by atoms with E-state index in [-0.39, 0.29) is 18.5 Å². The minimum Gasteiger partial charge on any atom is -0.466 e. The van der Waals surface area contributed by atoms with Gasteiger partial charge in [0.15, 0.2) is 6.29 Å². The highest BCUT2D eigenvalue weighted by molar-refractivity contribution is 5.76. The summed E-state index contributed by atoms with van der Waals surface area (Å²) in [4.78, 5) is 25.1. The largest absolute Gasteiger partial charge is 0.466 e. The summed E-state index contributed by atoms with van der Waals surface area (Å²) >= 11 is 0. The van der Waals surface area contributed by atoms with Gasteiger partial charge in [0.05, 0.1) is 32.0 Å². The van der Waals surface area contributed by atoms with E-state index in [2.05, 4.69) is 55.6 Å². The molecule has 1 aliphatic rings. The molecule has 1 heterocycles. The molecule has 0 spiro atoms. The van der Waals surface area contributed by atoms with Gasteiger partial charge in [-0.3, -0.25) is 9.59 Å². The highest BCUT2D eigenvalue weighted by Crippen LogP contribution is 2.23. The Morgan fingerprint density at radius 3 is 1.15 bits per heavy atom. The topological polar surface area (TPSA) is 175 Å². The maximum absolute atomic E-state index is 13.0. The molecule has 1 saturated heterocycles. The van der Waals surface area contributed by atoms with Crippen LogP contribution in [0.2, 0.25) is 0 Å². The fourth-order valence-electron chi connectivity index (χ4n) is 12.1. The van der Waals surface area contributed by atoms with Gasteiger partial charge < -0.3 is 45.1 Å². The SMILES string of the molecule is CCCCCCC/C=C\CCCCCCCC(=O)OCCCCCCCCCCCCCCC/C=C\C/C=C\CCCCCCCCCCCCCCCCCCCC(=O)NC(COC1OC(CO)C(O)C(O)C1O)C(O)/C=C/CCCCCCCCCC. The summed E-state index contributed by atoms with van der Waals surface area (Å²) in [5.74, 6) is -0.175. The maximum atomic E-state index is 13.0. The van der Waals surface area contributed by atoms with E-state index in [0.29, 0.717) is 19.4 Å². The van der Waals surface area contributed by atoms with Gasteiger partial charge in [0.2, 0.25) is 5.91 Å². The summed E-state index contributed by atoms with van der Waals surface area (Å²) in [6.45, 7) is 4.35. The van der Waals surface area contributed by atoms with Gasteiger partial charge >= 0.3 is 5.97 Å². The first-order chi connectivity index (χ1) is 43.7. The van der Waals surface area contributed by atoms with Gasteiger partial charge in [-0.15, -0.1) is 0 Å². The number of aliphatic hydroxyl groups excluding tert-OH is 5. The second-order valence-electron chi connectivity index (χ2n) is 26.7. The number of unbranched alkanes of at least 4 members (excludes halogenated alkanes) is 48. The van der Waals surface area contributed by atoms with Crippen molar-refractivity contribution in [2.24, 2.45) is 0 Å². The van der Waals surface area contributed by atoms with Crippen LogP contribution in [-0.4, -0.2) is 100 Å². The molecular formula is C78H145NO10. The Bertz CT molecular complexity index is 1620. The monoisotopic (exact) mass is 1260 g/mol. The first-order valence-electron chi connectivity index (χ1n) is 38.4. The molecule has 7 atom stereocenters. The summed E-state index contributed by atoms with van der Waals surface area (Å²) in [6.07, 6.45) is 78.6. The first-order valence-corrected chi connectivity index (χ1v) is 38.4. The van der Waals surface area contributed by atoms with Crippen LogP contribution in [0.4, 0.5) is 0 Å². The number of allylic oxidation sites excluding steroid dienone is 7. The maximum Gasteiger partial charge on any atom is 0.305 e. The number of aliphatic hydroxyl groups is 5. The highest BCUT2D eigenvalue weighted by Gasteiger charge is 2.44. The zero-order valence-electron chi connectivity index (χ0n) is 58.2. The van der Waals surface area contributed by atoms with E-state index in [1.54, 1.807) is 6.08 Å². The highest BCUT2D eigenvalue weighted by atomic mass is 16.7. The molecular weight excluding hydrogens is 1110 g/mol. The third kappa shape index (κ3) is 55.8. The summed E-state index contributed by atoms with van der Waals surface area (Å²) < 4.78 is 16.7. The number of carbonyl (C=O) groups excluding carboxylic acids is 2. The zero-order chi connectivity index (χ0) is 64.4. The second-order valence-corrected chi connectivity index (χ2v) is 26.7. The lowest BCUT2D eigenvalue weighted by molar-refractivity contribution is -0.302. The first kappa shape index (κ1) is 84.6. The van der Waals surface area contributed by atoms with E-state index in [1.807, 2.05) is 6.08 Å². The third-order valence-corrected chi connectivity index (χ3v) is 18.2. The van der Waals surface area contributed by atoms with Crippen LogP contribution in [0.5, 0.6) is 0 Å². The van der Waals surface area contributed by atoms with Crippen molar-refractivity contribution in [1.29, 1.82) is 0 Å². The molecule has 0 bridgehead atoms. The van der Waals surface area contributed by atoms with E-state index >= 15 is 0 Å². The van der Waals surface area contributed by atoms with Crippen LogP contribution in [0.15, 0.2) is 48.6 Å². The molecule has 1 rings (SSSR count). The lowest BCUT2D eigenvalue weighted by Gasteiger charge is -2.40. The summed E-state index contributed by atoms with van der Waals surface area (Å²) in [6, 6.07) is -0.807. The third-order valence-electron chi connectivity index (χ3n) is 18.2. The fourth-order valence-corrected chi connectivity index (χ4v) is 12.1. The molecule has 1 fully saturated rings. The number of rotatable bonds is 68. The quantitative estimate of drug-likeness (QED) is 0.0195. The molecule has 0 aromatic carbocycles. The van der Waals surface area contributed by atoms with Crippen LogP contribution < -0.4 is 5.32 Å². The summed E-state index contributed by atoms with van der Waals surface area (Å²) in [5, 5.41) is 54.4. The van der Waals surface area contributed by atoms with Gasteiger partial charge in [-0.25, -0.2) is 0 Å². The lowest BCUT2D eigenvalue weighted by atomic mass is 9.99. The number of hydrogen-bond acceptors (Lipinski definition) is 10. The van der Waals surface area contributed by atoms with E-state index in [4.69, 9.17) is 14.2 Å². The van der Waals surface area contributed by atoms with Crippen molar-refractivity contribution < 1.29 is 49.3 Å². The van der Waals surface area contributed by atoms with Crippen LogP contribution in [-0.2, 0) is 23.8 Å². The minimum atomic E-state index is -1.57. The van der Waals surface area contributed by atoms with Crippen molar-refractivity contribution in [3.8, 4) is 0 Å². The number of nitrogens with one attached hydrogen (secondary N) is 1. The van der Waals surface area contributed by atoms with Crippen LogP contribution in [0.1, 0.15) is 373 Å². The molecule has 1 aliphatic heterocycles. The van der Waals surface area contributed by atoms with Crippen molar-refractivity contribution in [3.63, 3.8) is 0 Å². The lowest BCUT2D eigenvalue weighted by Crippen LogP contribution is -2.60. The molecule has 11 heteroatoms. The molecule has 0 aromatic heterocycles. The van der Waals surface area contributed by atoms with Crippen LogP contribution in [0.25, 0.3) is 0 Å². The van der Waals surface area contributed by atoms with Crippen LogP contribution in [0, 0.1) is 0 Å². The van der Waals surface area contributed by atoms with Crippen molar-refractivity contribution in [2.45, 2.75) is 416 Å². The Labute approximate surface area is 548 Å². The smallest absolute Gasteiger partial charge is 0.305 e. The molecule has 7 unspecified atom stereocenters.